The summed E-state index contributed by atoms with van der Waals surface area (Å²) in [6, 6.07) is 0. The van der Waals surface area contributed by atoms with Gasteiger partial charge in [-0.1, -0.05) is 12.7 Å². The van der Waals surface area contributed by atoms with E-state index in [-0.39, 0.29) is 0 Å². The zero-order valence-electron chi connectivity index (χ0n) is 4.78. The molecule has 1 aliphatic rings. The molecule has 1 heteroatoms. The van der Waals surface area contributed by atoms with Crippen molar-refractivity contribution in [3.8, 4) is 0 Å². The van der Waals surface area contributed by atoms with Crippen molar-refractivity contribution in [1.82, 2.24) is 0 Å². The molecule has 0 saturated heterocycles. The number of rotatable bonds is 0. The molecule has 1 N–H and O–H groups in total. The lowest BCUT2D eigenvalue weighted by atomic mass is 10.0. The highest BCUT2D eigenvalue weighted by Gasteiger charge is 2.00. The molecular weight excluding hydrogens is 98.1 g/mol. The molecule has 1 nitrogen and oxygen atoms in total. The van der Waals surface area contributed by atoms with Gasteiger partial charge in [-0.15, -0.1) is 0 Å². The fraction of sp³-hybridized carbons (Fsp3) is 0.286. The molecule has 0 aromatic heterocycles. The molecule has 0 aliphatic heterocycles. The Morgan fingerprint density at radius 2 is 2.38 bits per heavy atom. The minimum absolute atomic E-state index is 0.594. The fourth-order valence-corrected chi connectivity index (χ4v) is 0.711. The zero-order chi connectivity index (χ0) is 5.98. The molecule has 0 amide bonds. The van der Waals surface area contributed by atoms with Crippen molar-refractivity contribution < 1.29 is 0 Å². The number of nitrogens with one attached hydrogen (secondary N) is 1. The van der Waals surface area contributed by atoms with Crippen molar-refractivity contribution in [2.24, 2.45) is 0 Å². The monoisotopic (exact) mass is 107 g/mol. The molecule has 0 atom stereocenters. The molecule has 8 heavy (non-hydrogen) atoms. The van der Waals surface area contributed by atoms with E-state index in [1.54, 1.807) is 0 Å². The van der Waals surface area contributed by atoms with Crippen LogP contribution in [-0.2, 0) is 0 Å². The summed E-state index contributed by atoms with van der Waals surface area (Å²) in [7, 11) is 0. The zero-order valence-corrected chi connectivity index (χ0v) is 4.78. The summed E-state index contributed by atoms with van der Waals surface area (Å²) in [5.74, 6) is 0. The predicted molar refractivity (Wildman–Crippen MR) is 35.2 cm³/mol. The van der Waals surface area contributed by atoms with Crippen LogP contribution in [0, 0.1) is 5.41 Å². The van der Waals surface area contributed by atoms with E-state index in [4.69, 9.17) is 5.41 Å². The highest BCUT2D eigenvalue weighted by Crippen LogP contribution is 2.10. The van der Waals surface area contributed by atoms with E-state index in [0.717, 1.165) is 18.4 Å². The lowest BCUT2D eigenvalue weighted by Crippen LogP contribution is -1.99. The van der Waals surface area contributed by atoms with E-state index in [9.17, 15) is 0 Å². The Morgan fingerprint density at radius 1 is 1.62 bits per heavy atom. The van der Waals surface area contributed by atoms with Crippen molar-refractivity contribution in [2.45, 2.75) is 12.8 Å². The highest BCUT2D eigenvalue weighted by molar-refractivity contribution is 6.06. The van der Waals surface area contributed by atoms with Gasteiger partial charge in [0.1, 0.15) is 0 Å². The first-order valence-corrected chi connectivity index (χ1v) is 2.74. The normalized spacial score (nSPS) is 19.5. The summed E-state index contributed by atoms with van der Waals surface area (Å²) in [6.45, 7) is 3.72. The summed E-state index contributed by atoms with van der Waals surface area (Å²) >= 11 is 0. The molecule has 0 aromatic rings. The van der Waals surface area contributed by atoms with E-state index in [1.165, 1.54) is 0 Å². The predicted octanol–water partition coefficient (Wildman–Crippen LogP) is 1.91. The first-order valence-electron chi connectivity index (χ1n) is 2.74. The fourth-order valence-electron chi connectivity index (χ4n) is 0.711. The third-order valence-corrected chi connectivity index (χ3v) is 1.28. The Morgan fingerprint density at radius 3 is 2.75 bits per heavy atom. The maximum absolute atomic E-state index is 7.21. The lowest BCUT2D eigenvalue weighted by Gasteiger charge is -2.05. The molecule has 0 aromatic carbocycles. The van der Waals surface area contributed by atoms with Gasteiger partial charge in [0.25, 0.3) is 0 Å². The van der Waals surface area contributed by atoms with E-state index in [1.807, 2.05) is 12.2 Å². The Hall–Kier alpha value is -0.850. The van der Waals surface area contributed by atoms with Crippen molar-refractivity contribution in [3.05, 3.63) is 24.3 Å². The molecule has 0 spiro atoms. The van der Waals surface area contributed by atoms with Gasteiger partial charge in [0.2, 0.25) is 0 Å². The van der Waals surface area contributed by atoms with Gasteiger partial charge in [-0.05, 0) is 24.5 Å². The van der Waals surface area contributed by atoms with Crippen molar-refractivity contribution in [1.29, 1.82) is 5.41 Å². The second-order valence-corrected chi connectivity index (χ2v) is 1.96. The molecular formula is C7H9N. The van der Waals surface area contributed by atoms with Crippen molar-refractivity contribution in [2.75, 3.05) is 0 Å². The molecule has 0 bridgehead atoms. The highest BCUT2D eigenvalue weighted by atomic mass is 14.4. The first-order chi connectivity index (χ1) is 3.80. The van der Waals surface area contributed by atoms with E-state index < -0.39 is 0 Å². The smallest absolute Gasteiger partial charge is 0.0562 e. The molecule has 42 valence electrons. The molecule has 0 fully saturated rings. The van der Waals surface area contributed by atoms with E-state index >= 15 is 0 Å². The standard InChI is InChI=1S/C7H9N/c1-6-4-2-3-5-7(6)8/h3,5,8H,1-2,4H2. The molecule has 0 heterocycles. The van der Waals surface area contributed by atoms with Gasteiger partial charge in [0.05, 0.1) is 5.71 Å². The topological polar surface area (TPSA) is 23.9 Å². The third-order valence-electron chi connectivity index (χ3n) is 1.28. The number of hydrogen-bond acceptors (Lipinski definition) is 1. The second-order valence-electron chi connectivity index (χ2n) is 1.96. The van der Waals surface area contributed by atoms with Crippen LogP contribution in [0.3, 0.4) is 0 Å². The maximum atomic E-state index is 7.21. The Kier molecular flexibility index (Phi) is 1.29. The quantitative estimate of drug-likeness (QED) is 0.489. The van der Waals surface area contributed by atoms with Crippen LogP contribution in [0.2, 0.25) is 0 Å². The Labute approximate surface area is 49.2 Å². The largest absolute Gasteiger partial charge is 0.301 e. The maximum Gasteiger partial charge on any atom is 0.0562 e. The molecule has 1 rings (SSSR count). The number of allylic oxidation sites excluding steroid dienone is 3. The van der Waals surface area contributed by atoms with E-state index in [0.29, 0.717) is 5.71 Å². The Balaban J connectivity index is 2.75. The average Bonchev–Trinajstić information content (AvgIpc) is 1.77. The number of hydrogen-bond donors (Lipinski definition) is 1. The summed E-state index contributed by atoms with van der Waals surface area (Å²) in [4.78, 5) is 0. The van der Waals surface area contributed by atoms with Crippen LogP contribution in [0.1, 0.15) is 12.8 Å². The van der Waals surface area contributed by atoms with Crippen LogP contribution in [0.15, 0.2) is 24.3 Å². The summed E-state index contributed by atoms with van der Waals surface area (Å²) in [6.07, 6.45) is 5.85. The van der Waals surface area contributed by atoms with Crippen LogP contribution in [0.4, 0.5) is 0 Å². The van der Waals surface area contributed by atoms with E-state index in [2.05, 4.69) is 6.58 Å². The van der Waals surface area contributed by atoms with Crippen LogP contribution in [0.25, 0.3) is 0 Å². The molecule has 0 saturated carbocycles. The summed E-state index contributed by atoms with van der Waals surface area (Å²) in [5, 5.41) is 7.21. The molecule has 0 radical (unpaired) electrons. The summed E-state index contributed by atoms with van der Waals surface area (Å²) < 4.78 is 0. The van der Waals surface area contributed by atoms with Crippen LogP contribution in [-0.4, -0.2) is 5.71 Å². The van der Waals surface area contributed by atoms with Gasteiger partial charge in [-0.3, -0.25) is 0 Å². The van der Waals surface area contributed by atoms with Gasteiger partial charge >= 0.3 is 0 Å². The molecule has 1 aliphatic carbocycles. The Bertz CT molecular complexity index is 154. The summed E-state index contributed by atoms with van der Waals surface area (Å²) in [5.41, 5.74) is 1.56. The van der Waals surface area contributed by atoms with Gasteiger partial charge in [-0.2, -0.15) is 0 Å². The van der Waals surface area contributed by atoms with Gasteiger partial charge in [-0.25, -0.2) is 0 Å². The van der Waals surface area contributed by atoms with Crippen molar-refractivity contribution >= 4 is 5.71 Å². The minimum Gasteiger partial charge on any atom is -0.301 e. The van der Waals surface area contributed by atoms with Crippen LogP contribution >= 0.6 is 0 Å². The SMILES string of the molecule is C=C1CCC=CC1=N. The third kappa shape index (κ3) is 0.861. The van der Waals surface area contributed by atoms with Crippen LogP contribution < -0.4 is 0 Å². The first kappa shape index (κ1) is 5.29. The average molecular weight is 107 g/mol. The second kappa shape index (κ2) is 1.95. The van der Waals surface area contributed by atoms with Crippen molar-refractivity contribution in [3.63, 3.8) is 0 Å². The lowest BCUT2D eigenvalue weighted by molar-refractivity contribution is 1.01. The van der Waals surface area contributed by atoms with Gasteiger partial charge in [0, 0.05) is 0 Å². The van der Waals surface area contributed by atoms with Gasteiger partial charge in [0.15, 0.2) is 0 Å². The molecule has 0 unspecified atom stereocenters. The van der Waals surface area contributed by atoms with Crippen LogP contribution in [0.5, 0.6) is 0 Å². The minimum atomic E-state index is 0.594. The van der Waals surface area contributed by atoms with Gasteiger partial charge < -0.3 is 5.41 Å².